The number of nitrogens with zero attached hydrogens (tertiary/aromatic N) is 3. The van der Waals surface area contributed by atoms with Crippen LogP contribution in [0.3, 0.4) is 0 Å². The van der Waals surface area contributed by atoms with Crippen LogP contribution in [-0.4, -0.2) is 38.0 Å². The second kappa shape index (κ2) is 8.78. The molecule has 6 nitrogen and oxygen atoms in total. The molecule has 2 aromatic carbocycles. The molecule has 3 aromatic rings. The van der Waals surface area contributed by atoms with Crippen LogP contribution in [0.15, 0.2) is 58.1 Å². The van der Waals surface area contributed by atoms with Crippen LogP contribution in [0.25, 0.3) is 11.1 Å². The first-order chi connectivity index (χ1) is 13.8. The highest BCUT2D eigenvalue weighted by Crippen LogP contribution is 2.27. The summed E-state index contributed by atoms with van der Waals surface area (Å²) in [6, 6.07) is 16.5. The van der Waals surface area contributed by atoms with E-state index in [2.05, 4.69) is 19.9 Å². The van der Waals surface area contributed by atoms with Crippen molar-refractivity contribution in [3.8, 4) is 5.75 Å². The third-order valence-corrected chi connectivity index (χ3v) is 5.15. The molecular formula is C22H25N3O3. The quantitative estimate of drug-likeness (QED) is 0.447. The molecule has 0 unspecified atom stereocenters. The Labute approximate surface area is 164 Å². The summed E-state index contributed by atoms with van der Waals surface area (Å²) in [4.78, 5) is 11.5. The molecule has 0 radical (unpaired) electrons. The highest BCUT2D eigenvalue weighted by atomic mass is 16.6. The van der Waals surface area contributed by atoms with E-state index < -0.39 is 0 Å². The molecule has 0 amide bonds. The molecule has 6 heteroatoms. The Morgan fingerprint density at radius 2 is 1.93 bits per heavy atom. The normalized spacial score (nSPS) is 15.4. The van der Waals surface area contributed by atoms with Gasteiger partial charge in [-0.05, 0) is 67.1 Å². The molecule has 0 N–H and O–H groups in total. The molecule has 0 bridgehead atoms. The van der Waals surface area contributed by atoms with Crippen molar-refractivity contribution >= 4 is 23.3 Å². The summed E-state index contributed by atoms with van der Waals surface area (Å²) >= 11 is 0. The van der Waals surface area contributed by atoms with Crippen molar-refractivity contribution in [3.05, 3.63) is 54.1 Å². The van der Waals surface area contributed by atoms with E-state index in [4.69, 9.17) is 9.15 Å². The molecule has 0 atom stereocenters. The lowest BCUT2D eigenvalue weighted by Crippen LogP contribution is -2.34. The molecule has 2 heterocycles. The van der Waals surface area contributed by atoms with Gasteiger partial charge in [0.15, 0.2) is 5.58 Å². The summed E-state index contributed by atoms with van der Waals surface area (Å²) in [5.74, 6) is 1.56. The SMILES string of the molecule is CON=Cc1ccc(OCCC2CCN(c3nc4ccccc4o3)CC2)cc1. The van der Waals surface area contributed by atoms with Crippen molar-refractivity contribution in [2.24, 2.45) is 11.1 Å². The zero-order chi connectivity index (χ0) is 19.2. The summed E-state index contributed by atoms with van der Waals surface area (Å²) < 4.78 is 11.8. The smallest absolute Gasteiger partial charge is 0.298 e. The molecule has 146 valence electrons. The molecule has 4 rings (SSSR count). The second-order valence-electron chi connectivity index (χ2n) is 7.02. The molecule has 1 aromatic heterocycles. The molecule has 1 saturated heterocycles. The number of fused-ring (bicyclic) bond motifs is 1. The van der Waals surface area contributed by atoms with Crippen LogP contribution in [0, 0.1) is 5.92 Å². The number of rotatable bonds is 7. The van der Waals surface area contributed by atoms with Crippen LogP contribution in [0.5, 0.6) is 5.75 Å². The van der Waals surface area contributed by atoms with Gasteiger partial charge in [-0.25, -0.2) is 0 Å². The van der Waals surface area contributed by atoms with E-state index in [9.17, 15) is 0 Å². The fraction of sp³-hybridized carbons (Fsp3) is 0.364. The lowest BCUT2D eigenvalue weighted by molar-refractivity contribution is 0.215. The van der Waals surface area contributed by atoms with Crippen molar-refractivity contribution in [1.82, 2.24) is 4.98 Å². The number of benzene rings is 2. The predicted molar refractivity (Wildman–Crippen MR) is 110 cm³/mol. The fourth-order valence-corrected chi connectivity index (χ4v) is 3.52. The standard InChI is InChI=1S/C22H25N3O3/c1-26-23-16-18-6-8-19(9-7-18)27-15-12-17-10-13-25(14-11-17)22-24-20-4-2-3-5-21(20)28-22/h2-9,16-17H,10-15H2,1H3. The molecule has 0 saturated carbocycles. The van der Waals surface area contributed by atoms with Crippen LogP contribution >= 0.6 is 0 Å². The number of aromatic nitrogens is 1. The van der Waals surface area contributed by atoms with Gasteiger partial charge in [-0.15, -0.1) is 0 Å². The Balaban J connectivity index is 1.22. The van der Waals surface area contributed by atoms with Gasteiger partial charge in [-0.3, -0.25) is 0 Å². The van der Waals surface area contributed by atoms with E-state index in [0.29, 0.717) is 5.92 Å². The van der Waals surface area contributed by atoms with Crippen molar-refractivity contribution in [3.63, 3.8) is 0 Å². The third-order valence-electron chi connectivity index (χ3n) is 5.15. The lowest BCUT2D eigenvalue weighted by Gasteiger charge is -2.30. The lowest BCUT2D eigenvalue weighted by atomic mass is 9.94. The van der Waals surface area contributed by atoms with E-state index in [1.54, 1.807) is 6.21 Å². The van der Waals surface area contributed by atoms with Crippen molar-refractivity contribution in [1.29, 1.82) is 0 Å². The van der Waals surface area contributed by atoms with Gasteiger partial charge in [0, 0.05) is 13.1 Å². The number of para-hydroxylation sites is 2. The first-order valence-corrected chi connectivity index (χ1v) is 9.72. The summed E-state index contributed by atoms with van der Waals surface area (Å²) in [6.45, 7) is 2.69. The number of piperidine rings is 1. The Morgan fingerprint density at radius 3 is 2.68 bits per heavy atom. The minimum atomic E-state index is 0.675. The summed E-state index contributed by atoms with van der Waals surface area (Å²) in [5, 5.41) is 3.75. The zero-order valence-electron chi connectivity index (χ0n) is 16.1. The molecular weight excluding hydrogens is 354 g/mol. The highest BCUT2D eigenvalue weighted by molar-refractivity contribution is 5.79. The number of anilines is 1. The zero-order valence-corrected chi connectivity index (χ0v) is 16.1. The molecule has 0 spiro atoms. The van der Waals surface area contributed by atoms with Gasteiger partial charge in [-0.1, -0.05) is 17.3 Å². The average Bonchev–Trinajstić information content (AvgIpc) is 3.18. The Bertz CT molecular complexity index is 879. The van der Waals surface area contributed by atoms with Gasteiger partial charge < -0.3 is 18.9 Å². The van der Waals surface area contributed by atoms with Crippen molar-refractivity contribution < 1.29 is 14.0 Å². The average molecular weight is 379 g/mol. The Hall–Kier alpha value is -3.02. The van der Waals surface area contributed by atoms with E-state index in [1.165, 1.54) is 7.11 Å². The largest absolute Gasteiger partial charge is 0.494 e. The predicted octanol–water partition coefficient (Wildman–Crippen LogP) is 4.49. The summed E-state index contributed by atoms with van der Waals surface area (Å²) in [5.41, 5.74) is 2.76. The highest BCUT2D eigenvalue weighted by Gasteiger charge is 2.22. The van der Waals surface area contributed by atoms with Gasteiger partial charge in [0.2, 0.25) is 0 Å². The van der Waals surface area contributed by atoms with Gasteiger partial charge >= 0.3 is 0 Å². The van der Waals surface area contributed by atoms with Crippen LogP contribution in [-0.2, 0) is 4.84 Å². The van der Waals surface area contributed by atoms with E-state index in [0.717, 1.165) is 67.4 Å². The maximum Gasteiger partial charge on any atom is 0.298 e. The molecule has 1 aliphatic heterocycles. The van der Waals surface area contributed by atoms with Crippen molar-refractivity contribution in [2.75, 3.05) is 31.7 Å². The number of hydrogen-bond acceptors (Lipinski definition) is 6. The summed E-state index contributed by atoms with van der Waals surface area (Å²) in [6.07, 6.45) is 5.01. The van der Waals surface area contributed by atoms with Crippen LogP contribution in [0.2, 0.25) is 0 Å². The van der Waals surface area contributed by atoms with Crippen LogP contribution in [0.4, 0.5) is 6.01 Å². The van der Waals surface area contributed by atoms with E-state index in [1.807, 2.05) is 48.5 Å². The van der Waals surface area contributed by atoms with Gasteiger partial charge in [-0.2, -0.15) is 4.98 Å². The number of hydrogen-bond donors (Lipinski definition) is 0. The molecule has 28 heavy (non-hydrogen) atoms. The van der Waals surface area contributed by atoms with Gasteiger partial charge in [0.05, 0.1) is 12.8 Å². The monoisotopic (exact) mass is 379 g/mol. The maximum atomic E-state index is 5.90. The minimum absolute atomic E-state index is 0.675. The number of oxime groups is 1. The number of ether oxygens (including phenoxy) is 1. The summed E-state index contributed by atoms with van der Waals surface area (Å²) in [7, 11) is 1.53. The van der Waals surface area contributed by atoms with Gasteiger partial charge in [0.1, 0.15) is 18.4 Å². The second-order valence-corrected chi connectivity index (χ2v) is 7.02. The molecule has 1 aliphatic rings. The third kappa shape index (κ3) is 4.44. The maximum absolute atomic E-state index is 5.90. The fourth-order valence-electron chi connectivity index (χ4n) is 3.52. The van der Waals surface area contributed by atoms with Crippen LogP contribution < -0.4 is 9.64 Å². The minimum Gasteiger partial charge on any atom is -0.494 e. The molecule has 0 aliphatic carbocycles. The Morgan fingerprint density at radius 1 is 1.14 bits per heavy atom. The first kappa shape index (κ1) is 18.3. The van der Waals surface area contributed by atoms with Crippen LogP contribution in [0.1, 0.15) is 24.8 Å². The van der Waals surface area contributed by atoms with E-state index in [-0.39, 0.29) is 0 Å². The van der Waals surface area contributed by atoms with Gasteiger partial charge in [0.25, 0.3) is 6.01 Å². The first-order valence-electron chi connectivity index (χ1n) is 9.72. The van der Waals surface area contributed by atoms with E-state index >= 15 is 0 Å². The number of oxazole rings is 1. The van der Waals surface area contributed by atoms with Crippen molar-refractivity contribution in [2.45, 2.75) is 19.3 Å². The Kier molecular flexibility index (Phi) is 5.75. The molecule has 1 fully saturated rings. The topological polar surface area (TPSA) is 60.1 Å².